The lowest BCUT2D eigenvalue weighted by molar-refractivity contribution is 0.414. The summed E-state index contributed by atoms with van der Waals surface area (Å²) in [5.74, 6) is 1.50. The number of ether oxygens (including phenoxy) is 1. The predicted molar refractivity (Wildman–Crippen MR) is 65.4 cm³/mol. The van der Waals surface area contributed by atoms with Gasteiger partial charge in [-0.2, -0.15) is 5.16 Å². The van der Waals surface area contributed by atoms with Crippen LogP contribution in [0.2, 0.25) is 0 Å². The first-order valence-corrected chi connectivity index (χ1v) is 5.49. The van der Waals surface area contributed by atoms with Crippen LogP contribution in [0.3, 0.4) is 0 Å². The molecule has 4 nitrogen and oxygen atoms in total. The van der Waals surface area contributed by atoms with Gasteiger partial charge in [0.15, 0.2) is 5.76 Å². The molecule has 0 radical (unpaired) electrons. The first kappa shape index (κ1) is 11.5. The summed E-state index contributed by atoms with van der Waals surface area (Å²) in [7, 11) is 1.62. The number of hydrogen-bond donors (Lipinski definition) is 1. The van der Waals surface area contributed by atoms with Gasteiger partial charge in [0.25, 0.3) is 5.56 Å². The zero-order valence-corrected chi connectivity index (χ0v) is 10.1. The maximum Gasteiger partial charge on any atom is 0.283 e. The van der Waals surface area contributed by atoms with Gasteiger partial charge in [-0.1, -0.05) is 13.8 Å². The van der Waals surface area contributed by atoms with E-state index in [2.05, 4.69) is 5.16 Å². The number of rotatable bonds is 3. The SMILES string of the molecule is COc1ccc(-c2o[nH]c(=O)c2C(C)C)cc1. The third-order valence-electron chi connectivity index (χ3n) is 2.66. The van der Waals surface area contributed by atoms with Gasteiger partial charge in [0.2, 0.25) is 0 Å². The number of aromatic nitrogens is 1. The number of benzene rings is 1. The molecule has 0 bridgehead atoms. The Bertz CT molecular complexity index is 549. The highest BCUT2D eigenvalue weighted by atomic mass is 16.5. The maximum absolute atomic E-state index is 11.6. The second-order valence-electron chi connectivity index (χ2n) is 4.16. The molecule has 90 valence electrons. The molecular formula is C13H15NO3. The summed E-state index contributed by atoms with van der Waals surface area (Å²) in [5.41, 5.74) is 1.38. The molecule has 4 heteroatoms. The quantitative estimate of drug-likeness (QED) is 0.886. The molecule has 2 rings (SSSR count). The molecule has 0 fully saturated rings. The van der Waals surface area contributed by atoms with Crippen molar-refractivity contribution in [3.05, 3.63) is 40.2 Å². The van der Waals surface area contributed by atoms with E-state index < -0.39 is 0 Å². The lowest BCUT2D eigenvalue weighted by atomic mass is 10.0. The molecule has 0 spiro atoms. The average molecular weight is 233 g/mol. The van der Waals surface area contributed by atoms with Crippen LogP contribution in [0.5, 0.6) is 5.75 Å². The largest absolute Gasteiger partial charge is 0.497 e. The highest BCUT2D eigenvalue weighted by molar-refractivity contribution is 5.62. The van der Waals surface area contributed by atoms with E-state index in [1.165, 1.54) is 0 Å². The minimum Gasteiger partial charge on any atom is -0.497 e. The Morgan fingerprint density at radius 1 is 1.24 bits per heavy atom. The van der Waals surface area contributed by atoms with Crippen LogP contribution < -0.4 is 10.3 Å². The van der Waals surface area contributed by atoms with Crippen LogP contribution in [0.25, 0.3) is 11.3 Å². The first-order chi connectivity index (χ1) is 8.13. The van der Waals surface area contributed by atoms with Gasteiger partial charge in [-0.25, -0.2) is 0 Å². The standard InChI is InChI=1S/C13H15NO3/c1-8(2)11-12(17-14-13(11)15)9-4-6-10(16-3)7-5-9/h4-8H,1-3H3,(H,14,15). The smallest absolute Gasteiger partial charge is 0.283 e. The fourth-order valence-corrected chi connectivity index (χ4v) is 1.79. The topological polar surface area (TPSA) is 55.2 Å². The van der Waals surface area contributed by atoms with Crippen molar-refractivity contribution in [2.45, 2.75) is 19.8 Å². The minimum atomic E-state index is -0.161. The zero-order chi connectivity index (χ0) is 12.4. The van der Waals surface area contributed by atoms with Gasteiger partial charge in [0, 0.05) is 5.56 Å². The van der Waals surface area contributed by atoms with E-state index in [1.807, 2.05) is 38.1 Å². The van der Waals surface area contributed by atoms with Crippen molar-refractivity contribution in [1.82, 2.24) is 5.16 Å². The van der Waals surface area contributed by atoms with Gasteiger partial charge in [0.05, 0.1) is 12.7 Å². The Kier molecular flexibility index (Phi) is 3.04. The van der Waals surface area contributed by atoms with Crippen LogP contribution in [-0.4, -0.2) is 12.3 Å². The van der Waals surface area contributed by atoms with Crippen LogP contribution in [0.1, 0.15) is 25.3 Å². The molecule has 2 aromatic rings. The van der Waals surface area contributed by atoms with Gasteiger partial charge in [-0.05, 0) is 30.2 Å². The zero-order valence-electron chi connectivity index (χ0n) is 10.1. The van der Waals surface area contributed by atoms with E-state index in [1.54, 1.807) is 7.11 Å². The first-order valence-electron chi connectivity index (χ1n) is 5.49. The molecule has 1 N–H and O–H groups in total. The van der Waals surface area contributed by atoms with Gasteiger partial charge in [0.1, 0.15) is 5.75 Å². The Morgan fingerprint density at radius 2 is 1.88 bits per heavy atom. The normalized spacial score (nSPS) is 10.8. The van der Waals surface area contributed by atoms with Crippen LogP contribution in [0.4, 0.5) is 0 Å². The summed E-state index contributed by atoms with van der Waals surface area (Å²) in [6.07, 6.45) is 0. The van der Waals surface area contributed by atoms with Gasteiger partial charge in [-0.15, -0.1) is 0 Å². The van der Waals surface area contributed by atoms with Crippen molar-refractivity contribution >= 4 is 0 Å². The maximum atomic E-state index is 11.6. The van der Waals surface area contributed by atoms with E-state index >= 15 is 0 Å². The highest BCUT2D eigenvalue weighted by Gasteiger charge is 2.17. The summed E-state index contributed by atoms with van der Waals surface area (Å²) in [6.45, 7) is 3.93. The summed E-state index contributed by atoms with van der Waals surface area (Å²) < 4.78 is 10.3. The second-order valence-corrected chi connectivity index (χ2v) is 4.16. The third kappa shape index (κ3) is 2.11. The fourth-order valence-electron chi connectivity index (χ4n) is 1.79. The van der Waals surface area contributed by atoms with Crippen LogP contribution in [0, 0.1) is 0 Å². The van der Waals surface area contributed by atoms with Gasteiger partial charge >= 0.3 is 0 Å². The number of nitrogens with one attached hydrogen (secondary N) is 1. The fraction of sp³-hybridized carbons (Fsp3) is 0.308. The third-order valence-corrected chi connectivity index (χ3v) is 2.66. The minimum absolute atomic E-state index is 0.120. The number of hydrogen-bond acceptors (Lipinski definition) is 3. The molecule has 1 aromatic carbocycles. The Labute approximate surface area is 99.2 Å². The molecule has 0 aliphatic rings. The van der Waals surface area contributed by atoms with Crippen molar-refractivity contribution in [1.29, 1.82) is 0 Å². The summed E-state index contributed by atoms with van der Waals surface area (Å²) in [6, 6.07) is 7.42. The molecule has 0 amide bonds. The highest BCUT2D eigenvalue weighted by Crippen LogP contribution is 2.27. The number of H-pyrrole nitrogens is 1. The molecule has 0 aliphatic carbocycles. The Morgan fingerprint density at radius 3 is 2.41 bits per heavy atom. The van der Waals surface area contributed by atoms with Gasteiger partial charge in [-0.3, -0.25) is 4.79 Å². The van der Waals surface area contributed by atoms with Crippen LogP contribution in [0.15, 0.2) is 33.6 Å². The molecule has 0 unspecified atom stereocenters. The monoisotopic (exact) mass is 233 g/mol. The lowest BCUT2D eigenvalue weighted by Gasteiger charge is -2.04. The summed E-state index contributed by atoms with van der Waals surface area (Å²) in [5, 5.41) is 2.38. The molecule has 0 aliphatic heterocycles. The summed E-state index contributed by atoms with van der Waals surface area (Å²) in [4.78, 5) is 11.6. The summed E-state index contributed by atoms with van der Waals surface area (Å²) >= 11 is 0. The molecule has 0 saturated heterocycles. The van der Waals surface area contributed by atoms with Crippen LogP contribution >= 0.6 is 0 Å². The number of methoxy groups -OCH3 is 1. The van der Waals surface area contributed by atoms with E-state index in [9.17, 15) is 4.79 Å². The van der Waals surface area contributed by atoms with Crippen molar-refractivity contribution in [2.75, 3.05) is 7.11 Å². The Hall–Kier alpha value is -1.97. The van der Waals surface area contributed by atoms with Crippen molar-refractivity contribution in [2.24, 2.45) is 0 Å². The lowest BCUT2D eigenvalue weighted by Crippen LogP contribution is -2.07. The van der Waals surface area contributed by atoms with Crippen molar-refractivity contribution < 1.29 is 9.26 Å². The van der Waals surface area contributed by atoms with E-state index in [0.29, 0.717) is 11.3 Å². The van der Waals surface area contributed by atoms with Crippen LogP contribution in [-0.2, 0) is 0 Å². The van der Waals surface area contributed by atoms with E-state index in [0.717, 1.165) is 11.3 Å². The molecule has 1 heterocycles. The van der Waals surface area contributed by atoms with E-state index in [-0.39, 0.29) is 11.5 Å². The molecule has 0 atom stereocenters. The molecule has 17 heavy (non-hydrogen) atoms. The van der Waals surface area contributed by atoms with Gasteiger partial charge < -0.3 is 9.26 Å². The predicted octanol–water partition coefficient (Wildman–Crippen LogP) is 2.77. The Balaban J connectivity index is 2.49. The molecular weight excluding hydrogens is 218 g/mol. The van der Waals surface area contributed by atoms with Crippen molar-refractivity contribution in [3.63, 3.8) is 0 Å². The molecule has 0 saturated carbocycles. The average Bonchev–Trinajstić information content (AvgIpc) is 2.71. The van der Waals surface area contributed by atoms with E-state index in [4.69, 9.17) is 9.26 Å². The number of aromatic amines is 1. The molecule has 1 aromatic heterocycles. The van der Waals surface area contributed by atoms with Crippen molar-refractivity contribution in [3.8, 4) is 17.1 Å². The second kappa shape index (κ2) is 4.49.